The maximum atomic E-state index is 11.6. The van der Waals surface area contributed by atoms with Crippen LogP contribution in [0, 0.1) is 17.8 Å². The fraction of sp³-hybridized carbons (Fsp3) is 0.667. The molecule has 1 saturated heterocycles. The fourth-order valence-corrected chi connectivity index (χ4v) is 3.88. The highest BCUT2D eigenvalue weighted by atomic mass is 16.6. The number of esters is 1. The van der Waals surface area contributed by atoms with Gasteiger partial charge in [0, 0.05) is 11.5 Å². The highest BCUT2D eigenvalue weighted by Gasteiger charge is 2.45. The molecule has 1 aliphatic heterocycles. The second-order valence-electron chi connectivity index (χ2n) is 5.94. The molecular formula is C15H20O2. The van der Waals surface area contributed by atoms with Crippen LogP contribution >= 0.6 is 0 Å². The molecule has 0 spiro atoms. The highest BCUT2D eigenvalue weighted by Crippen LogP contribution is 2.48. The summed E-state index contributed by atoms with van der Waals surface area (Å²) >= 11 is 0. The summed E-state index contributed by atoms with van der Waals surface area (Å²) in [5, 5.41) is 0. The molecule has 0 aromatic carbocycles. The third-order valence-electron chi connectivity index (χ3n) is 4.97. The van der Waals surface area contributed by atoms with Gasteiger partial charge in [-0.05, 0) is 44.4 Å². The first kappa shape index (κ1) is 11.1. The van der Waals surface area contributed by atoms with Gasteiger partial charge in [0.2, 0.25) is 0 Å². The van der Waals surface area contributed by atoms with E-state index in [1.54, 1.807) is 11.1 Å². The van der Waals surface area contributed by atoms with Crippen LogP contribution in [0.5, 0.6) is 0 Å². The van der Waals surface area contributed by atoms with Gasteiger partial charge in [-0.1, -0.05) is 24.6 Å². The zero-order valence-corrected chi connectivity index (χ0v) is 10.7. The summed E-state index contributed by atoms with van der Waals surface area (Å²) in [5.74, 6) is 1.45. The molecule has 2 aliphatic carbocycles. The van der Waals surface area contributed by atoms with Crippen molar-refractivity contribution < 1.29 is 9.53 Å². The Hall–Kier alpha value is -1.05. The fourth-order valence-electron chi connectivity index (χ4n) is 3.88. The van der Waals surface area contributed by atoms with Gasteiger partial charge in [-0.3, -0.25) is 0 Å². The van der Waals surface area contributed by atoms with E-state index in [-0.39, 0.29) is 18.0 Å². The van der Waals surface area contributed by atoms with Crippen LogP contribution in [0.15, 0.2) is 23.3 Å². The third kappa shape index (κ3) is 1.57. The topological polar surface area (TPSA) is 26.3 Å². The van der Waals surface area contributed by atoms with Crippen LogP contribution in [0.1, 0.15) is 39.5 Å². The Kier molecular flexibility index (Phi) is 2.42. The van der Waals surface area contributed by atoms with Crippen LogP contribution in [0.4, 0.5) is 0 Å². The molecule has 17 heavy (non-hydrogen) atoms. The molecule has 2 fully saturated rings. The first-order chi connectivity index (χ1) is 8.08. The lowest BCUT2D eigenvalue weighted by Crippen LogP contribution is -2.18. The highest BCUT2D eigenvalue weighted by molar-refractivity contribution is 5.90. The molecule has 4 unspecified atom stereocenters. The summed E-state index contributed by atoms with van der Waals surface area (Å²) < 4.78 is 5.47. The molecule has 0 amide bonds. The maximum Gasteiger partial charge on any atom is 0.334 e. The molecule has 1 heterocycles. The Morgan fingerprint density at radius 2 is 2.12 bits per heavy atom. The Balaban J connectivity index is 1.96. The van der Waals surface area contributed by atoms with Gasteiger partial charge in [0.15, 0.2) is 0 Å². The molecule has 2 nitrogen and oxygen atoms in total. The normalized spacial score (nSPS) is 41.1. The molecule has 4 atom stereocenters. The molecule has 1 saturated carbocycles. The number of rotatable bonds is 0. The van der Waals surface area contributed by atoms with Crippen molar-refractivity contribution in [2.24, 2.45) is 17.8 Å². The van der Waals surface area contributed by atoms with Gasteiger partial charge in [-0.15, -0.1) is 0 Å². The molecule has 3 aliphatic rings. The lowest BCUT2D eigenvalue weighted by Gasteiger charge is -2.20. The lowest BCUT2D eigenvalue weighted by molar-refractivity contribution is -0.139. The first-order valence-electron chi connectivity index (χ1n) is 6.66. The molecule has 0 bridgehead atoms. The first-order valence-corrected chi connectivity index (χ1v) is 6.66. The van der Waals surface area contributed by atoms with Gasteiger partial charge >= 0.3 is 5.97 Å². The van der Waals surface area contributed by atoms with E-state index in [0.717, 1.165) is 18.8 Å². The number of allylic oxidation sites excluding steroid dienone is 2. The molecule has 0 aromatic rings. The van der Waals surface area contributed by atoms with E-state index < -0.39 is 0 Å². The molecular weight excluding hydrogens is 212 g/mol. The van der Waals surface area contributed by atoms with E-state index in [4.69, 9.17) is 4.74 Å². The number of fused-ring (bicyclic) bond motifs is 2. The number of ether oxygens (including phenoxy) is 1. The van der Waals surface area contributed by atoms with Gasteiger partial charge < -0.3 is 4.74 Å². The summed E-state index contributed by atoms with van der Waals surface area (Å²) in [4.78, 5) is 11.6. The zero-order chi connectivity index (χ0) is 12.2. The van der Waals surface area contributed by atoms with Crippen molar-refractivity contribution in [3.05, 3.63) is 23.3 Å². The monoisotopic (exact) mass is 232 g/mol. The number of carbonyl (C=O) groups excluding carboxylic acids is 1. The Labute approximate surface area is 103 Å². The third-order valence-corrected chi connectivity index (χ3v) is 4.97. The van der Waals surface area contributed by atoms with Crippen LogP contribution in [0.25, 0.3) is 0 Å². The molecule has 92 valence electrons. The summed E-state index contributed by atoms with van der Waals surface area (Å²) in [5.41, 5.74) is 3.86. The van der Waals surface area contributed by atoms with E-state index in [1.807, 2.05) is 0 Å². The average Bonchev–Trinajstić information content (AvgIpc) is 2.71. The Morgan fingerprint density at radius 1 is 1.35 bits per heavy atom. The number of carbonyl (C=O) groups is 1. The van der Waals surface area contributed by atoms with E-state index in [0.29, 0.717) is 11.5 Å². The second kappa shape index (κ2) is 3.72. The van der Waals surface area contributed by atoms with Crippen LogP contribution < -0.4 is 0 Å². The van der Waals surface area contributed by atoms with Gasteiger partial charge in [0.05, 0.1) is 0 Å². The maximum absolute atomic E-state index is 11.6. The van der Waals surface area contributed by atoms with Crippen LogP contribution in [-0.2, 0) is 9.53 Å². The molecule has 0 radical (unpaired) electrons. The molecule has 0 aromatic heterocycles. The zero-order valence-electron chi connectivity index (χ0n) is 10.7. The smallest absolute Gasteiger partial charge is 0.334 e. The minimum absolute atomic E-state index is 0.0934. The van der Waals surface area contributed by atoms with Crippen molar-refractivity contribution in [3.8, 4) is 0 Å². The number of hydrogen-bond acceptors (Lipinski definition) is 2. The summed E-state index contributed by atoms with van der Waals surface area (Å²) in [7, 11) is 0. The minimum atomic E-state index is -0.165. The van der Waals surface area contributed by atoms with Crippen LogP contribution in [0.3, 0.4) is 0 Å². The minimum Gasteiger partial charge on any atom is -0.458 e. The Bertz CT molecular complexity index is 419. The lowest BCUT2D eigenvalue weighted by atomic mass is 9.86. The van der Waals surface area contributed by atoms with Crippen molar-refractivity contribution in [1.82, 2.24) is 0 Å². The van der Waals surface area contributed by atoms with E-state index >= 15 is 0 Å². The molecule has 2 heteroatoms. The van der Waals surface area contributed by atoms with Crippen molar-refractivity contribution in [3.63, 3.8) is 0 Å². The van der Waals surface area contributed by atoms with E-state index in [9.17, 15) is 4.79 Å². The standard InChI is InChI=1S/C15H20O2/c1-8-4-5-11-9(2)6-14-13(7-12(8)11)10(3)15(16)17-14/h9,11,13-14H,3-7H2,1-2H3. The van der Waals surface area contributed by atoms with Gasteiger partial charge in [0.25, 0.3) is 0 Å². The summed E-state index contributed by atoms with van der Waals surface area (Å²) in [6.07, 6.45) is 4.65. The summed E-state index contributed by atoms with van der Waals surface area (Å²) in [6, 6.07) is 0. The van der Waals surface area contributed by atoms with Crippen molar-refractivity contribution in [1.29, 1.82) is 0 Å². The molecule has 0 N–H and O–H groups in total. The van der Waals surface area contributed by atoms with E-state index in [1.165, 1.54) is 12.8 Å². The van der Waals surface area contributed by atoms with Crippen LogP contribution in [-0.4, -0.2) is 12.1 Å². The quantitative estimate of drug-likeness (QED) is 0.364. The Morgan fingerprint density at radius 3 is 2.88 bits per heavy atom. The largest absolute Gasteiger partial charge is 0.458 e. The SMILES string of the molecule is C=C1C(=O)OC2CC(C)C3CCC(C)=C3CC12. The molecule has 3 rings (SSSR count). The van der Waals surface area contributed by atoms with Gasteiger partial charge in [0.1, 0.15) is 6.10 Å². The van der Waals surface area contributed by atoms with Crippen LogP contribution in [0.2, 0.25) is 0 Å². The predicted octanol–water partition coefficient (Wildman–Crippen LogP) is 3.24. The number of hydrogen-bond donors (Lipinski definition) is 0. The summed E-state index contributed by atoms with van der Waals surface area (Å²) in [6.45, 7) is 8.49. The van der Waals surface area contributed by atoms with E-state index in [2.05, 4.69) is 20.4 Å². The van der Waals surface area contributed by atoms with Crippen molar-refractivity contribution in [2.45, 2.75) is 45.6 Å². The average molecular weight is 232 g/mol. The second-order valence-corrected chi connectivity index (χ2v) is 5.94. The predicted molar refractivity (Wildman–Crippen MR) is 66.3 cm³/mol. The van der Waals surface area contributed by atoms with Crippen molar-refractivity contribution in [2.75, 3.05) is 0 Å². The van der Waals surface area contributed by atoms with Gasteiger partial charge in [-0.2, -0.15) is 0 Å². The van der Waals surface area contributed by atoms with Gasteiger partial charge in [-0.25, -0.2) is 4.79 Å². The van der Waals surface area contributed by atoms with Crippen molar-refractivity contribution >= 4 is 5.97 Å².